The highest BCUT2D eigenvalue weighted by Crippen LogP contribution is 2.20. The molecular weight excluding hydrogens is 316 g/mol. The van der Waals surface area contributed by atoms with E-state index in [1.165, 1.54) is 107 Å². The molecule has 0 N–H and O–H groups in total. The van der Waals surface area contributed by atoms with Crippen LogP contribution in [0, 0.1) is 0 Å². The molecule has 1 heterocycles. The quantitative estimate of drug-likeness (QED) is 0.432. The van der Waals surface area contributed by atoms with Crippen molar-refractivity contribution in [3.8, 4) is 0 Å². The number of aryl methyl sites for hydroxylation is 2. The molecule has 0 amide bonds. The fraction of sp³-hybridized carbons (Fsp3) is 0.750. The molecule has 0 bridgehead atoms. The summed E-state index contributed by atoms with van der Waals surface area (Å²) < 4.78 is 1.38. The van der Waals surface area contributed by atoms with Gasteiger partial charge in [-0.3, -0.25) is 0 Å². The third-order valence-corrected chi connectivity index (χ3v) is 6.49. The Labute approximate surface area is 163 Å². The number of likely N-dealkylation sites (tertiary alicyclic amines) is 1. The van der Waals surface area contributed by atoms with Crippen LogP contribution in [0.15, 0.2) is 24.3 Å². The molecule has 1 aliphatic rings. The van der Waals surface area contributed by atoms with Crippen LogP contribution in [0.2, 0.25) is 0 Å². The van der Waals surface area contributed by atoms with Crippen molar-refractivity contribution in [3.05, 3.63) is 35.4 Å². The maximum atomic E-state index is 2.61. The van der Waals surface area contributed by atoms with Gasteiger partial charge < -0.3 is 9.38 Å². The van der Waals surface area contributed by atoms with Crippen molar-refractivity contribution in [2.75, 3.05) is 45.8 Å². The monoisotopic (exact) mass is 359 g/mol. The summed E-state index contributed by atoms with van der Waals surface area (Å²) in [6.07, 6.45) is 10.6. The average Bonchev–Trinajstić information content (AvgIpc) is 3.14. The Kier molecular flexibility index (Phi) is 9.71. The maximum Gasteiger partial charge on any atom is 0.0789 e. The molecule has 0 unspecified atom stereocenters. The molecule has 2 nitrogen and oxygen atoms in total. The van der Waals surface area contributed by atoms with Crippen LogP contribution in [-0.2, 0) is 12.8 Å². The molecule has 0 saturated carbocycles. The summed E-state index contributed by atoms with van der Waals surface area (Å²) in [7, 11) is 0. The van der Waals surface area contributed by atoms with Gasteiger partial charge >= 0.3 is 0 Å². The second-order valence-electron chi connectivity index (χ2n) is 8.35. The molecule has 2 heteroatoms. The fourth-order valence-corrected chi connectivity index (χ4v) is 4.58. The molecule has 1 saturated heterocycles. The first kappa shape index (κ1) is 21.4. The van der Waals surface area contributed by atoms with Crippen molar-refractivity contribution >= 4 is 0 Å². The zero-order chi connectivity index (χ0) is 18.7. The standard InChI is InChI=1S/C24H43N2/c1-4-7-17-25(5-2)18-11-15-23-13-10-14-24(22-23)16-12-21-26(6-3)19-8-9-20-26/h10,13-14,22H,4-9,11-12,15-21H2,1-3H3/q+1. The van der Waals surface area contributed by atoms with Crippen LogP contribution in [0.4, 0.5) is 0 Å². The first-order valence-electron chi connectivity index (χ1n) is 11.4. The molecule has 1 aromatic carbocycles. The highest BCUT2D eigenvalue weighted by molar-refractivity contribution is 5.23. The zero-order valence-electron chi connectivity index (χ0n) is 17.8. The number of unbranched alkanes of at least 4 members (excludes halogenated alkanes) is 1. The summed E-state index contributed by atoms with van der Waals surface area (Å²) >= 11 is 0. The van der Waals surface area contributed by atoms with Gasteiger partial charge in [-0.25, -0.2) is 0 Å². The van der Waals surface area contributed by atoms with Gasteiger partial charge in [0.05, 0.1) is 26.2 Å². The van der Waals surface area contributed by atoms with E-state index in [1.807, 2.05) is 0 Å². The van der Waals surface area contributed by atoms with E-state index in [0.717, 1.165) is 0 Å². The predicted octanol–water partition coefficient (Wildman–Crippen LogP) is 5.30. The van der Waals surface area contributed by atoms with Gasteiger partial charge in [0.2, 0.25) is 0 Å². The van der Waals surface area contributed by atoms with Crippen molar-refractivity contribution in [1.82, 2.24) is 4.90 Å². The van der Waals surface area contributed by atoms with Gasteiger partial charge in [-0.05, 0) is 63.4 Å². The highest BCUT2D eigenvalue weighted by atomic mass is 15.4. The Balaban J connectivity index is 1.73. The lowest BCUT2D eigenvalue weighted by molar-refractivity contribution is -0.915. The van der Waals surface area contributed by atoms with Crippen molar-refractivity contribution in [3.63, 3.8) is 0 Å². The van der Waals surface area contributed by atoms with Crippen LogP contribution in [0.5, 0.6) is 0 Å². The minimum Gasteiger partial charge on any atom is -0.324 e. The largest absolute Gasteiger partial charge is 0.324 e. The van der Waals surface area contributed by atoms with Crippen molar-refractivity contribution in [1.29, 1.82) is 0 Å². The highest BCUT2D eigenvalue weighted by Gasteiger charge is 2.29. The van der Waals surface area contributed by atoms with Crippen LogP contribution in [0.3, 0.4) is 0 Å². The Morgan fingerprint density at radius 2 is 1.54 bits per heavy atom. The van der Waals surface area contributed by atoms with Gasteiger partial charge in [0.1, 0.15) is 0 Å². The first-order chi connectivity index (χ1) is 12.7. The third kappa shape index (κ3) is 7.04. The molecule has 2 rings (SSSR count). The molecule has 0 spiro atoms. The van der Waals surface area contributed by atoms with Crippen LogP contribution in [-0.4, -0.2) is 55.2 Å². The van der Waals surface area contributed by atoms with Crippen molar-refractivity contribution in [2.24, 2.45) is 0 Å². The van der Waals surface area contributed by atoms with E-state index in [1.54, 1.807) is 5.56 Å². The van der Waals surface area contributed by atoms with Crippen LogP contribution in [0.25, 0.3) is 0 Å². The van der Waals surface area contributed by atoms with Gasteiger partial charge in [-0.1, -0.05) is 44.5 Å². The molecule has 1 aromatic rings. The number of quaternary nitrogens is 1. The summed E-state index contributed by atoms with van der Waals surface area (Å²) in [6.45, 7) is 16.2. The van der Waals surface area contributed by atoms with Gasteiger partial charge in [0.25, 0.3) is 0 Å². The lowest BCUT2D eigenvalue weighted by atomic mass is 10.0. The van der Waals surface area contributed by atoms with E-state index in [-0.39, 0.29) is 0 Å². The number of hydrogen-bond donors (Lipinski definition) is 0. The summed E-state index contributed by atoms with van der Waals surface area (Å²) in [4.78, 5) is 2.61. The Morgan fingerprint density at radius 1 is 0.885 bits per heavy atom. The lowest BCUT2D eigenvalue weighted by Gasteiger charge is -2.33. The minimum absolute atomic E-state index is 1.19. The normalized spacial score (nSPS) is 16.5. The molecule has 0 radical (unpaired) electrons. The third-order valence-electron chi connectivity index (χ3n) is 6.49. The number of nitrogens with zero attached hydrogens (tertiary/aromatic N) is 2. The maximum absolute atomic E-state index is 2.61. The van der Waals surface area contributed by atoms with Crippen molar-refractivity contribution in [2.45, 2.75) is 72.1 Å². The number of rotatable bonds is 13. The Bertz CT molecular complexity index is 491. The van der Waals surface area contributed by atoms with Crippen LogP contribution >= 0.6 is 0 Å². The molecular formula is C24H43N2+. The van der Waals surface area contributed by atoms with E-state index in [4.69, 9.17) is 0 Å². The molecule has 0 aliphatic carbocycles. The molecule has 1 fully saturated rings. The summed E-state index contributed by atoms with van der Waals surface area (Å²) in [5.41, 5.74) is 3.09. The van der Waals surface area contributed by atoms with E-state index in [9.17, 15) is 0 Å². The van der Waals surface area contributed by atoms with Crippen LogP contribution in [0.1, 0.15) is 70.4 Å². The summed E-state index contributed by atoms with van der Waals surface area (Å²) in [6, 6.07) is 9.41. The SMILES string of the molecule is CCCCN(CC)CCCc1cccc(CCC[N+]2(CC)CCCC2)c1. The molecule has 1 aliphatic heterocycles. The predicted molar refractivity (Wildman–Crippen MR) is 115 cm³/mol. The summed E-state index contributed by atoms with van der Waals surface area (Å²) in [5, 5.41) is 0. The second-order valence-corrected chi connectivity index (χ2v) is 8.35. The zero-order valence-corrected chi connectivity index (χ0v) is 17.8. The molecule has 0 atom stereocenters. The molecule has 148 valence electrons. The van der Waals surface area contributed by atoms with Gasteiger partial charge in [-0.15, -0.1) is 0 Å². The minimum atomic E-state index is 1.19. The Hall–Kier alpha value is -0.860. The first-order valence-corrected chi connectivity index (χ1v) is 11.4. The van der Waals surface area contributed by atoms with Gasteiger partial charge in [-0.2, -0.15) is 0 Å². The number of hydrogen-bond acceptors (Lipinski definition) is 1. The number of benzene rings is 1. The van der Waals surface area contributed by atoms with Crippen LogP contribution < -0.4 is 0 Å². The van der Waals surface area contributed by atoms with Gasteiger partial charge in [0, 0.05) is 19.3 Å². The van der Waals surface area contributed by atoms with Gasteiger partial charge in [0.15, 0.2) is 0 Å². The topological polar surface area (TPSA) is 3.24 Å². The average molecular weight is 360 g/mol. The van der Waals surface area contributed by atoms with E-state index in [0.29, 0.717) is 0 Å². The second kappa shape index (κ2) is 11.8. The molecule has 26 heavy (non-hydrogen) atoms. The van der Waals surface area contributed by atoms with E-state index in [2.05, 4.69) is 49.9 Å². The summed E-state index contributed by atoms with van der Waals surface area (Å²) in [5.74, 6) is 0. The van der Waals surface area contributed by atoms with E-state index >= 15 is 0 Å². The van der Waals surface area contributed by atoms with E-state index < -0.39 is 0 Å². The van der Waals surface area contributed by atoms with Crippen molar-refractivity contribution < 1.29 is 4.48 Å². The fourth-order valence-electron chi connectivity index (χ4n) is 4.58. The molecule has 0 aromatic heterocycles. The Morgan fingerprint density at radius 3 is 2.15 bits per heavy atom. The smallest absolute Gasteiger partial charge is 0.0789 e. The lowest BCUT2D eigenvalue weighted by Crippen LogP contribution is -2.45.